The van der Waals surface area contributed by atoms with Crippen LogP contribution in [0, 0.1) is 18.7 Å². The second-order valence-corrected chi connectivity index (χ2v) is 8.32. The van der Waals surface area contributed by atoms with Gasteiger partial charge in [0.1, 0.15) is 17.6 Å². The van der Waals surface area contributed by atoms with Crippen molar-refractivity contribution in [1.29, 1.82) is 0 Å². The van der Waals surface area contributed by atoms with E-state index in [9.17, 15) is 18.8 Å². The molecule has 0 aliphatic carbocycles. The van der Waals surface area contributed by atoms with Gasteiger partial charge in [0, 0.05) is 11.1 Å². The molecule has 0 saturated carbocycles. The highest BCUT2D eigenvalue weighted by Crippen LogP contribution is 2.44. The Balaban J connectivity index is 1.61. The van der Waals surface area contributed by atoms with Crippen molar-refractivity contribution in [3.63, 3.8) is 0 Å². The number of nitrogens with one attached hydrogen (secondary N) is 1. The Morgan fingerprint density at radius 2 is 1.62 bits per heavy atom. The number of fused-ring (bicyclic) bond motifs is 1. The van der Waals surface area contributed by atoms with Crippen molar-refractivity contribution in [2.75, 3.05) is 12.0 Å². The van der Waals surface area contributed by atoms with E-state index in [4.69, 9.17) is 4.74 Å². The van der Waals surface area contributed by atoms with E-state index in [1.165, 1.54) is 18.2 Å². The summed E-state index contributed by atoms with van der Waals surface area (Å²) in [5.41, 5.74) is 4.78. The number of benzene rings is 3. The summed E-state index contributed by atoms with van der Waals surface area (Å²) in [7, 11) is 1.45. The molecule has 2 heterocycles. The number of hydrazine groups is 1. The number of carbonyl (C=O) groups excluding carboxylic acids is 3. The van der Waals surface area contributed by atoms with Crippen LogP contribution in [0.3, 0.4) is 0 Å². The Bertz CT molecular complexity index is 1290. The predicted molar refractivity (Wildman–Crippen MR) is 122 cm³/mol. The van der Waals surface area contributed by atoms with E-state index >= 15 is 0 Å². The number of carbonyl (C=O) groups is 3. The molecule has 0 unspecified atom stereocenters. The van der Waals surface area contributed by atoms with E-state index < -0.39 is 41.5 Å². The van der Waals surface area contributed by atoms with E-state index in [1.807, 2.05) is 6.92 Å². The van der Waals surface area contributed by atoms with Crippen LogP contribution in [0.5, 0.6) is 5.75 Å². The molecular weight excluding hydrogens is 437 g/mol. The molecule has 2 fully saturated rings. The molecule has 3 aromatic carbocycles. The molecule has 3 aromatic rings. The number of nitrogens with zero attached hydrogens (tertiary/aromatic N) is 2. The number of halogens is 1. The minimum absolute atomic E-state index is 0.208. The lowest BCUT2D eigenvalue weighted by atomic mass is 9.90. The van der Waals surface area contributed by atoms with Crippen LogP contribution in [0.4, 0.5) is 10.1 Å². The molecule has 2 saturated heterocycles. The van der Waals surface area contributed by atoms with E-state index in [0.717, 1.165) is 10.5 Å². The summed E-state index contributed by atoms with van der Waals surface area (Å²) in [6.45, 7) is 1.90. The van der Waals surface area contributed by atoms with Crippen molar-refractivity contribution in [2.45, 2.75) is 19.0 Å². The van der Waals surface area contributed by atoms with Crippen molar-refractivity contribution in [2.24, 2.45) is 5.92 Å². The van der Waals surface area contributed by atoms with Crippen LogP contribution in [-0.4, -0.2) is 35.9 Å². The zero-order valence-electron chi connectivity index (χ0n) is 18.6. The Kier molecular flexibility index (Phi) is 5.37. The summed E-state index contributed by atoms with van der Waals surface area (Å²) in [5, 5.41) is 1.17. The molecule has 3 atom stereocenters. The van der Waals surface area contributed by atoms with Gasteiger partial charge in [-0.05, 0) is 37.3 Å². The van der Waals surface area contributed by atoms with Gasteiger partial charge < -0.3 is 4.74 Å². The van der Waals surface area contributed by atoms with Crippen LogP contribution >= 0.6 is 0 Å². The third-order valence-corrected chi connectivity index (χ3v) is 6.32. The number of hydrogen-bond donors (Lipinski definition) is 1. The van der Waals surface area contributed by atoms with Gasteiger partial charge in [0.15, 0.2) is 0 Å². The highest BCUT2D eigenvalue weighted by molar-refractivity contribution is 6.25. The van der Waals surface area contributed by atoms with E-state index in [2.05, 4.69) is 5.43 Å². The average molecular weight is 459 g/mol. The van der Waals surface area contributed by atoms with Crippen LogP contribution in [0.15, 0.2) is 72.8 Å². The maximum absolute atomic E-state index is 14.8. The predicted octanol–water partition coefficient (Wildman–Crippen LogP) is 3.40. The summed E-state index contributed by atoms with van der Waals surface area (Å²) < 4.78 is 20.1. The maximum atomic E-state index is 14.8. The summed E-state index contributed by atoms with van der Waals surface area (Å²) >= 11 is 0. The Morgan fingerprint density at radius 3 is 2.32 bits per heavy atom. The van der Waals surface area contributed by atoms with Crippen molar-refractivity contribution in [3.05, 3.63) is 95.3 Å². The van der Waals surface area contributed by atoms with Crippen LogP contribution in [-0.2, 0) is 9.59 Å². The monoisotopic (exact) mass is 459 g/mol. The van der Waals surface area contributed by atoms with Crippen molar-refractivity contribution < 1.29 is 23.5 Å². The third-order valence-electron chi connectivity index (χ3n) is 6.32. The highest BCUT2D eigenvalue weighted by atomic mass is 19.1. The fraction of sp³-hybridized carbons (Fsp3) is 0.192. The normalized spacial score (nSPS) is 21.7. The molecule has 1 N–H and O–H groups in total. The van der Waals surface area contributed by atoms with Gasteiger partial charge in [-0.25, -0.2) is 14.7 Å². The lowest BCUT2D eigenvalue weighted by Gasteiger charge is -2.26. The first kappa shape index (κ1) is 21.8. The first-order valence-corrected chi connectivity index (χ1v) is 10.8. The van der Waals surface area contributed by atoms with Gasteiger partial charge in [0.05, 0.1) is 24.8 Å². The average Bonchev–Trinajstić information content (AvgIpc) is 3.36. The number of methoxy groups -OCH3 is 1. The van der Waals surface area contributed by atoms with Gasteiger partial charge in [0.25, 0.3) is 11.8 Å². The number of imide groups is 1. The number of ether oxygens (including phenoxy) is 1. The molecule has 34 heavy (non-hydrogen) atoms. The highest BCUT2D eigenvalue weighted by Gasteiger charge is 2.61. The molecule has 0 aromatic heterocycles. The Morgan fingerprint density at radius 1 is 0.941 bits per heavy atom. The Hall–Kier alpha value is -4.04. The summed E-state index contributed by atoms with van der Waals surface area (Å²) in [6, 6.07) is 17.5. The standard InChI is InChI=1S/C26H22FN3O4/c1-15-11-13-16(14-12-15)24(31)30-23-21(22(28-30)17-7-3-4-8-18(17)27)25(32)29(26(23)33)19-9-5-6-10-20(19)34-2/h3-14,21-23,28H,1-2H3/t21-,22+,23+/m1/s1. The Labute approximate surface area is 195 Å². The second-order valence-electron chi connectivity index (χ2n) is 8.32. The topological polar surface area (TPSA) is 79.0 Å². The lowest BCUT2D eigenvalue weighted by molar-refractivity contribution is -0.123. The fourth-order valence-electron chi connectivity index (χ4n) is 4.65. The van der Waals surface area contributed by atoms with Gasteiger partial charge in [-0.3, -0.25) is 19.4 Å². The summed E-state index contributed by atoms with van der Waals surface area (Å²) in [5.74, 6) is -2.78. The first-order valence-electron chi connectivity index (χ1n) is 10.8. The quantitative estimate of drug-likeness (QED) is 0.605. The van der Waals surface area contributed by atoms with Gasteiger partial charge >= 0.3 is 0 Å². The fourth-order valence-corrected chi connectivity index (χ4v) is 4.65. The molecule has 2 aliphatic heterocycles. The SMILES string of the molecule is COc1ccccc1N1C(=O)[C@H]2[C@@H](C1=O)N(C(=O)c1ccc(C)cc1)N[C@H]2c1ccccc1F. The molecule has 0 radical (unpaired) electrons. The van der Waals surface area contributed by atoms with Crippen LogP contribution < -0.4 is 15.1 Å². The summed E-state index contributed by atoms with van der Waals surface area (Å²) in [4.78, 5) is 41.8. The van der Waals surface area contributed by atoms with Crippen molar-refractivity contribution in [1.82, 2.24) is 10.4 Å². The summed E-state index contributed by atoms with van der Waals surface area (Å²) in [6.07, 6.45) is 0. The number of hydrogen-bond acceptors (Lipinski definition) is 5. The van der Waals surface area contributed by atoms with Gasteiger partial charge in [-0.15, -0.1) is 0 Å². The molecule has 0 spiro atoms. The molecule has 3 amide bonds. The van der Waals surface area contributed by atoms with Crippen LogP contribution in [0.1, 0.15) is 27.5 Å². The smallest absolute Gasteiger partial charge is 0.268 e. The molecule has 5 rings (SSSR count). The zero-order valence-corrected chi connectivity index (χ0v) is 18.6. The second kappa shape index (κ2) is 8.39. The molecule has 7 nitrogen and oxygen atoms in total. The lowest BCUT2D eigenvalue weighted by Crippen LogP contribution is -2.48. The number of amides is 3. The number of para-hydroxylation sites is 2. The molecule has 172 valence electrons. The first-order chi connectivity index (χ1) is 16.4. The molecule has 2 aliphatic rings. The van der Waals surface area contributed by atoms with Crippen LogP contribution in [0.2, 0.25) is 0 Å². The zero-order chi connectivity index (χ0) is 24.0. The minimum Gasteiger partial charge on any atom is -0.495 e. The number of anilines is 1. The van der Waals surface area contributed by atoms with Gasteiger partial charge in [-0.1, -0.05) is 48.0 Å². The molecular formula is C26H22FN3O4. The van der Waals surface area contributed by atoms with Gasteiger partial charge in [-0.2, -0.15) is 0 Å². The molecule has 8 heteroatoms. The minimum atomic E-state index is -1.14. The van der Waals surface area contributed by atoms with Gasteiger partial charge in [0.2, 0.25) is 5.91 Å². The maximum Gasteiger partial charge on any atom is 0.268 e. The van der Waals surface area contributed by atoms with Crippen molar-refractivity contribution in [3.8, 4) is 5.75 Å². The third kappa shape index (κ3) is 3.34. The van der Waals surface area contributed by atoms with Crippen LogP contribution in [0.25, 0.3) is 0 Å². The van der Waals surface area contributed by atoms with E-state index in [0.29, 0.717) is 11.3 Å². The number of rotatable bonds is 4. The largest absolute Gasteiger partial charge is 0.495 e. The molecule has 0 bridgehead atoms. The number of aryl methyl sites for hydroxylation is 1. The van der Waals surface area contributed by atoms with Crippen molar-refractivity contribution >= 4 is 23.4 Å². The van der Waals surface area contributed by atoms with E-state index in [-0.39, 0.29) is 11.3 Å². The van der Waals surface area contributed by atoms with E-state index in [1.54, 1.807) is 66.7 Å².